The Kier molecular flexibility index (Phi) is 8.21. The van der Waals surface area contributed by atoms with Gasteiger partial charge in [0.1, 0.15) is 11.5 Å². The average molecular weight is 466 g/mol. The SMILES string of the molecule is CCCCCOc1ccc(C(=O)Oc2ccc(C=Nc3ccc(Br)cc3)cc2)cc1. The van der Waals surface area contributed by atoms with Gasteiger partial charge in [0, 0.05) is 10.7 Å². The van der Waals surface area contributed by atoms with Crippen LogP contribution in [0.5, 0.6) is 11.5 Å². The number of unbranched alkanes of at least 4 members (excludes halogenated alkanes) is 2. The molecule has 0 heterocycles. The molecule has 4 nitrogen and oxygen atoms in total. The number of benzene rings is 3. The summed E-state index contributed by atoms with van der Waals surface area (Å²) in [5, 5.41) is 0. The molecule has 154 valence electrons. The van der Waals surface area contributed by atoms with E-state index in [4.69, 9.17) is 9.47 Å². The van der Waals surface area contributed by atoms with E-state index in [-0.39, 0.29) is 0 Å². The Bertz CT molecular complexity index is 965. The maximum absolute atomic E-state index is 12.4. The Morgan fingerprint density at radius 1 is 0.900 bits per heavy atom. The summed E-state index contributed by atoms with van der Waals surface area (Å²) in [5.74, 6) is 0.849. The monoisotopic (exact) mass is 465 g/mol. The van der Waals surface area contributed by atoms with Gasteiger partial charge < -0.3 is 9.47 Å². The van der Waals surface area contributed by atoms with Gasteiger partial charge in [-0.15, -0.1) is 0 Å². The van der Waals surface area contributed by atoms with Crippen molar-refractivity contribution in [2.45, 2.75) is 26.2 Å². The summed E-state index contributed by atoms with van der Waals surface area (Å²) < 4.78 is 12.1. The first-order valence-electron chi connectivity index (χ1n) is 9.99. The van der Waals surface area contributed by atoms with Crippen molar-refractivity contribution in [2.75, 3.05) is 6.61 Å². The van der Waals surface area contributed by atoms with E-state index in [1.807, 2.05) is 36.4 Å². The Balaban J connectivity index is 1.53. The lowest BCUT2D eigenvalue weighted by molar-refractivity contribution is 0.0734. The molecule has 30 heavy (non-hydrogen) atoms. The maximum atomic E-state index is 12.4. The van der Waals surface area contributed by atoms with E-state index in [0.29, 0.717) is 17.9 Å². The third-order valence-corrected chi connectivity index (χ3v) is 4.92. The second-order valence-electron chi connectivity index (χ2n) is 6.77. The van der Waals surface area contributed by atoms with Crippen molar-refractivity contribution in [3.05, 3.63) is 88.4 Å². The van der Waals surface area contributed by atoms with Crippen LogP contribution in [0, 0.1) is 0 Å². The van der Waals surface area contributed by atoms with Crippen LogP contribution in [0.1, 0.15) is 42.1 Å². The number of hydrogen-bond donors (Lipinski definition) is 0. The second kappa shape index (κ2) is 11.3. The molecule has 0 aromatic heterocycles. The molecule has 0 radical (unpaired) electrons. The van der Waals surface area contributed by atoms with Crippen LogP contribution in [-0.2, 0) is 0 Å². The largest absolute Gasteiger partial charge is 0.494 e. The molecule has 0 aliphatic carbocycles. The Morgan fingerprint density at radius 2 is 1.57 bits per heavy atom. The van der Waals surface area contributed by atoms with Gasteiger partial charge in [-0.25, -0.2) is 4.79 Å². The zero-order valence-electron chi connectivity index (χ0n) is 16.9. The van der Waals surface area contributed by atoms with Crippen LogP contribution >= 0.6 is 15.9 Å². The topological polar surface area (TPSA) is 47.9 Å². The van der Waals surface area contributed by atoms with Crippen molar-refractivity contribution in [3.63, 3.8) is 0 Å². The molecular formula is C25H24BrNO3. The van der Waals surface area contributed by atoms with E-state index in [9.17, 15) is 4.79 Å². The summed E-state index contributed by atoms with van der Waals surface area (Å²) in [6.07, 6.45) is 5.12. The number of aliphatic imine (C=N–C) groups is 1. The minimum absolute atomic E-state index is 0.399. The molecule has 0 unspecified atom stereocenters. The van der Waals surface area contributed by atoms with Crippen LogP contribution in [0.4, 0.5) is 5.69 Å². The van der Waals surface area contributed by atoms with E-state index in [0.717, 1.165) is 40.7 Å². The molecule has 0 atom stereocenters. The minimum atomic E-state index is -0.399. The van der Waals surface area contributed by atoms with Crippen molar-refractivity contribution in [3.8, 4) is 11.5 Å². The molecule has 0 N–H and O–H groups in total. The third-order valence-electron chi connectivity index (χ3n) is 4.39. The summed E-state index contributed by atoms with van der Waals surface area (Å²) in [6.45, 7) is 2.85. The van der Waals surface area contributed by atoms with E-state index in [2.05, 4.69) is 27.8 Å². The smallest absolute Gasteiger partial charge is 0.343 e. The molecule has 3 aromatic rings. The molecule has 0 amide bonds. The first-order valence-corrected chi connectivity index (χ1v) is 10.8. The number of rotatable bonds is 9. The fraction of sp³-hybridized carbons (Fsp3) is 0.200. The molecule has 3 aromatic carbocycles. The first-order chi connectivity index (χ1) is 14.6. The summed E-state index contributed by atoms with van der Waals surface area (Å²) >= 11 is 3.40. The number of esters is 1. The number of hydrogen-bond acceptors (Lipinski definition) is 4. The van der Waals surface area contributed by atoms with Crippen LogP contribution in [0.3, 0.4) is 0 Å². The lowest BCUT2D eigenvalue weighted by Crippen LogP contribution is -2.08. The van der Waals surface area contributed by atoms with Gasteiger partial charge in [0.15, 0.2) is 0 Å². The fourth-order valence-electron chi connectivity index (χ4n) is 2.69. The fourth-order valence-corrected chi connectivity index (χ4v) is 2.96. The predicted octanol–water partition coefficient (Wildman–Crippen LogP) is 6.99. The standard InChI is InChI=1S/C25H24BrNO3/c1-2-3-4-17-29-23-15-7-20(8-16-23)25(28)30-24-13-5-19(6-14-24)18-27-22-11-9-21(26)10-12-22/h5-16,18H,2-4,17H2,1H3. The molecule has 0 bridgehead atoms. The lowest BCUT2D eigenvalue weighted by Gasteiger charge is -2.07. The first kappa shape index (κ1) is 21.8. The molecular weight excluding hydrogens is 442 g/mol. The van der Waals surface area contributed by atoms with E-state index >= 15 is 0 Å². The van der Waals surface area contributed by atoms with Gasteiger partial charge in [-0.1, -0.05) is 35.7 Å². The highest BCUT2D eigenvalue weighted by atomic mass is 79.9. The highest BCUT2D eigenvalue weighted by Gasteiger charge is 2.09. The molecule has 0 fully saturated rings. The zero-order valence-corrected chi connectivity index (χ0v) is 18.5. The Morgan fingerprint density at radius 3 is 2.23 bits per heavy atom. The molecule has 0 saturated heterocycles. The van der Waals surface area contributed by atoms with Crippen LogP contribution in [-0.4, -0.2) is 18.8 Å². The van der Waals surface area contributed by atoms with Crippen molar-refractivity contribution in [1.82, 2.24) is 0 Å². The van der Waals surface area contributed by atoms with Gasteiger partial charge in [-0.2, -0.15) is 0 Å². The maximum Gasteiger partial charge on any atom is 0.343 e. The van der Waals surface area contributed by atoms with Gasteiger partial charge in [0.25, 0.3) is 0 Å². The van der Waals surface area contributed by atoms with Crippen LogP contribution < -0.4 is 9.47 Å². The quantitative estimate of drug-likeness (QED) is 0.148. The molecule has 0 spiro atoms. The summed E-state index contributed by atoms with van der Waals surface area (Å²) in [4.78, 5) is 16.8. The molecule has 5 heteroatoms. The number of carbonyl (C=O) groups excluding carboxylic acids is 1. The highest BCUT2D eigenvalue weighted by Crippen LogP contribution is 2.19. The second-order valence-corrected chi connectivity index (χ2v) is 7.69. The van der Waals surface area contributed by atoms with E-state index < -0.39 is 5.97 Å². The van der Waals surface area contributed by atoms with Crippen molar-refractivity contribution in [1.29, 1.82) is 0 Å². The van der Waals surface area contributed by atoms with Crippen LogP contribution in [0.25, 0.3) is 0 Å². The van der Waals surface area contributed by atoms with Gasteiger partial charge in [0.2, 0.25) is 0 Å². The zero-order chi connectivity index (χ0) is 21.2. The van der Waals surface area contributed by atoms with Crippen molar-refractivity contribution in [2.24, 2.45) is 4.99 Å². The minimum Gasteiger partial charge on any atom is -0.494 e. The average Bonchev–Trinajstić information content (AvgIpc) is 2.78. The van der Waals surface area contributed by atoms with Crippen LogP contribution in [0.2, 0.25) is 0 Å². The van der Waals surface area contributed by atoms with Crippen molar-refractivity contribution < 1.29 is 14.3 Å². The normalized spacial score (nSPS) is 10.9. The number of carbonyl (C=O) groups is 1. The van der Waals surface area contributed by atoms with Gasteiger partial charge in [0.05, 0.1) is 17.9 Å². The van der Waals surface area contributed by atoms with E-state index in [1.54, 1.807) is 42.6 Å². The lowest BCUT2D eigenvalue weighted by atomic mass is 10.2. The highest BCUT2D eigenvalue weighted by molar-refractivity contribution is 9.10. The molecule has 3 rings (SSSR count). The number of nitrogens with zero attached hydrogens (tertiary/aromatic N) is 1. The number of halogens is 1. The Labute approximate surface area is 185 Å². The van der Waals surface area contributed by atoms with Gasteiger partial charge >= 0.3 is 5.97 Å². The van der Waals surface area contributed by atoms with Gasteiger partial charge in [-0.05, 0) is 84.8 Å². The summed E-state index contributed by atoms with van der Waals surface area (Å²) in [7, 11) is 0. The van der Waals surface area contributed by atoms with Crippen LogP contribution in [0.15, 0.2) is 82.3 Å². The third kappa shape index (κ3) is 6.85. The van der Waals surface area contributed by atoms with E-state index in [1.165, 1.54) is 0 Å². The van der Waals surface area contributed by atoms with Gasteiger partial charge in [-0.3, -0.25) is 4.99 Å². The number of ether oxygens (including phenoxy) is 2. The molecule has 0 aliphatic heterocycles. The molecule has 0 aliphatic rings. The Hall–Kier alpha value is -2.92. The summed E-state index contributed by atoms with van der Waals surface area (Å²) in [6, 6.07) is 22.0. The van der Waals surface area contributed by atoms with Crippen molar-refractivity contribution >= 4 is 33.8 Å². The predicted molar refractivity (Wildman–Crippen MR) is 124 cm³/mol. The molecule has 0 saturated carbocycles. The summed E-state index contributed by atoms with van der Waals surface area (Å²) in [5.41, 5.74) is 2.27.